The van der Waals surface area contributed by atoms with Gasteiger partial charge in [-0.25, -0.2) is 9.97 Å². The summed E-state index contributed by atoms with van der Waals surface area (Å²) in [6.45, 7) is 12.6. The van der Waals surface area contributed by atoms with Crippen LogP contribution in [0.1, 0.15) is 42.2 Å². The van der Waals surface area contributed by atoms with E-state index in [0.717, 1.165) is 50.9 Å². The number of para-hydroxylation sites is 1. The van der Waals surface area contributed by atoms with Gasteiger partial charge in [0.1, 0.15) is 5.82 Å². The fourth-order valence-corrected chi connectivity index (χ4v) is 4.99. The summed E-state index contributed by atoms with van der Waals surface area (Å²) in [6, 6.07) is 7.94. The zero-order valence-corrected chi connectivity index (χ0v) is 20.4. The van der Waals surface area contributed by atoms with Crippen molar-refractivity contribution in [3.63, 3.8) is 0 Å². The lowest BCUT2D eigenvalue weighted by molar-refractivity contribution is -0.115. The summed E-state index contributed by atoms with van der Waals surface area (Å²) in [5.41, 5.74) is 4.88. The molecule has 0 spiro atoms. The van der Waals surface area contributed by atoms with Gasteiger partial charge in [0.15, 0.2) is 10.3 Å². The number of nitrogens with zero attached hydrogens (tertiary/aromatic N) is 5. The molecule has 0 aliphatic rings. The Morgan fingerprint density at radius 3 is 2.35 bits per heavy atom. The van der Waals surface area contributed by atoms with E-state index in [2.05, 4.69) is 32.4 Å². The largest absolute Gasteiger partial charge is 0.325 e. The molecule has 2 heterocycles. The van der Waals surface area contributed by atoms with Gasteiger partial charge in [0.05, 0.1) is 11.0 Å². The van der Waals surface area contributed by atoms with E-state index < -0.39 is 0 Å². The number of hydrogen-bond acceptors (Lipinski definition) is 7. The van der Waals surface area contributed by atoms with Crippen LogP contribution in [0, 0.1) is 27.7 Å². The molecule has 3 aromatic rings. The molecule has 7 nitrogen and oxygen atoms in total. The van der Waals surface area contributed by atoms with E-state index in [4.69, 9.17) is 0 Å². The van der Waals surface area contributed by atoms with Crippen molar-refractivity contribution in [2.45, 2.75) is 69.4 Å². The van der Waals surface area contributed by atoms with Crippen molar-refractivity contribution in [1.29, 1.82) is 0 Å². The van der Waals surface area contributed by atoms with Crippen molar-refractivity contribution in [3.8, 4) is 0 Å². The zero-order valence-electron chi connectivity index (χ0n) is 18.8. The fourth-order valence-electron chi connectivity index (χ4n) is 3.17. The number of benzene rings is 1. The van der Waals surface area contributed by atoms with Gasteiger partial charge in [-0.3, -0.25) is 4.79 Å². The SMILES string of the molecule is CCn1c(CSc2nc(C)cc(C)n2)nnc1S[C@H](C)C(=O)Nc1c(C)cccc1C. The maximum Gasteiger partial charge on any atom is 0.237 e. The Balaban J connectivity index is 1.67. The standard InChI is InChI=1S/C22H28N6OS2/c1-7-28-18(12-30-21-23-15(4)11-16(5)24-21)26-27-22(28)31-17(6)20(29)25-19-13(2)9-8-10-14(19)3/h8-11,17H,7,12H2,1-6H3,(H,25,29)/t17-/m1/s1. The summed E-state index contributed by atoms with van der Waals surface area (Å²) in [5.74, 6) is 1.42. The normalized spacial score (nSPS) is 12.1. The van der Waals surface area contributed by atoms with Gasteiger partial charge in [0.2, 0.25) is 5.91 Å². The minimum Gasteiger partial charge on any atom is -0.325 e. The summed E-state index contributed by atoms with van der Waals surface area (Å²) in [4.78, 5) is 21.7. The fraction of sp³-hybridized carbons (Fsp3) is 0.409. The van der Waals surface area contributed by atoms with E-state index in [9.17, 15) is 4.79 Å². The number of carbonyl (C=O) groups is 1. The molecule has 0 bridgehead atoms. The van der Waals surface area contributed by atoms with Gasteiger partial charge in [-0.15, -0.1) is 10.2 Å². The van der Waals surface area contributed by atoms with Crippen molar-refractivity contribution >= 4 is 35.1 Å². The van der Waals surface area contributed by atoms with E-state index in [-0.39, 0.29) is 11.2 Å². The Morgan fingerprint density at radius 2 is 1.74 bits per heavy atom. The summed E-state index contributed by atoms with van der Waals surface area (Å²) in [7, 11) is 0. The molecule has 1 N–H and O–H groups in total. The molecule has 0 saturated carbocycles. The van der Waals surface area contributed by atoms with Crippen molar-refractivity contribution in [1.82, 2.24) is 24.7 Å². The topological polar surface area (TPSA) is 85.6 Å². The molecule has 0 unspecified atom stereocenters. The third-order valence-corrected chi connectivity index (χ3v) is 6.71. The highest BCUT2D eigenvalue weighted by Crippen LogP contribution is 2.27. The minimum absolute atomic E-state index is 0.0485. The maximum atomic E-state index is 12.8. The average Bonchev–Trinajstić information content (AvgIpc) is 3.09. The van der Waals surface area contributed by atoms with Gasteiger partial charge in [0.25, 0.3) is 0 Å². The number of aryl methyl sites for hydroxylation is 4. The zero-order chi connectivity index (χ0) is 22.5. The second kappa shape index (κ2) is 10.3. The van der Waals surface area contributed by atoms with Crippen LogP contribution in [0.5, 0.6) is 0 Å². The van der Waals surface area contributed by atoms with Crippen molar-refractivity contribution < 1.29 is 4.79 Å². The van der Waals surface area contributed by atoms with Gasteiger partial charge < -0.3 is 9.88 Å². The third-order valence-electron chi connectivity index (χ3n) is 4.78. The van der Waals surface area contributed by atoms with Crippen LogP contribution in [-0.4, -0.2) is 35.9 Å². The number of aromatic nitrogens is 5. The Hall–Kier alpha value is -2.39. The molecule has 0 radical (unpaired) electrons. The van der Waals surface area contributed by atoms with Gasteiger partial charge in [-0.05, 0) is 58.7 Å². The number of anilines is 1. The number of nitrogens with one attached hydrogen (secondary N) is 1. The minimum atomic E-state index is -0.309. The Bertz CT molecular complexity index is 1040. The van der Waals surface area contributed by atoms with Crippen LogP contribution in [0.3, 0.4) is 0 Å². The summed E-state index contributed by atoms with van der Waals surface area (Å²) in [6.07, 6.45) is 0. The summed E-state index contributed by atoms with van der Waals surface area (Å²) >= 11 is 2.96. The van der Waals surface area contributed by atoms with Crippen LogP contribution in [0.25, 0.3) is 0 Å². The van der Waals surface area contributed by atoms with E-state index in [1.165, 1.54) is 11.8 Å². The first-order valence-electron chi connectivity index (χ1n) is 10.2. The monoisotopic (exact) mass is 456 g/mol. The number of hydrogen-bond donors (Lipinski definition) is 1. The highest BCUT2D eigenvalue weighted by atomic mass is 32.2. The molecule has 0 fully saturated rings. The highest BCUT2D eigenvalue weighted by Gasteiger charge is 2.21. The van der Waals surface area contributed by atoms with Crippen LogP contribution in [-0.2, 0) is 17.1 Å². The maximum absolute atomic E-state index is 12.8. The first-order chi connectivity index (χ1) is 14.8. The second-order valence-corrected chi connectivity index (χ2v) is 9.63. The summed E-state index contributed by atoms with van der Waals surface area (Å²) < 4.78 is 2.04. The van der Waals surface area contributed by atoms with Crippen LogP contribution in [0.15, 0.2) is 34.6 Å². The first kappa shape index (κ1) is 23.3. The van der Waals surface area contributed by atoms with Gasteiger partial charge in [-0.1, -0.05) is 41.7 Å². The predicted molar refractivity (Wildman–Crippen MR) is 127 cm³/mol. The molecule has 0 saturated heterocycles. The van der Waals surface area contributed by atoms with Crippen molar-refractivity contribution in [3.05, 3.63) is 52.6 Å². The second-order valence-electron chi connectivity index (χ2n) is 7.38. The lowest BCUT2D eigenvalue weighted by atomic mass is 10.1. The molecule has 0 aliphatic heterocycles. The Morgan fingerprint density at radius 1 is 1.10 bits per heavy atom. The number of amides is 1. The molecule has 1 atom stereocenters. The number of rotatable bonds is 8. The van der Waals surface area contributed by atoms with E-state index >= 15 is 0 Å². The van der Waals surface area contributed by atoms with Crippen molar-refractivity contribution in [2.75, 3.05) is 5.32 Å². The van der Waals surface area contributed by atoms with Crippen LogP contribution >= 0.6 is 23.5 Å². The summed E-state index contributed by atoms with van der Waals surface area (Å²) in [5, 5.41) is 12.9. The molecule has 9 heteroatoms. The predicted octanol–water partition coefficient (Wildman–Crippen LogP) is 4.73. The van der Waals surface area contributed by atoms with E-state index in [1.54, 1.807) is 11.8 Å². The average molecular weight is 457 g/mol. The third kappa shape index (κ3) is 5.86. The Labute approximate surface area is 191 Å². The quantitative estimate of drug-likeness (QED) is 0.387. The van der Waals surface area contributed by atoms with Crippen LogP contribution < -0.4 is 5.32 Å². The highest BCUT2D eigenvalue weighted by molar-refractivity contribution is 8.00. The number of carbonyl (C=O) groups excluding carboxylic acids is 1. The van der Waals surface area contributed by atoms with Gasteiger partial charge in [0, 0.05) is 23.6 Å². The number of thioether (sulfide) groups is 2. The van der Waals surface area contributed by atoms with Crippen LogP contribution in [0.2, 0.25) is 0 Å². The molecular weight excluding hydrogens is 428 g/mol. The Kier molecular flexibility index (Phi) is 7.72. The molecular formula is C22H28N6OS2. The van der Waals surface area contributed by atoms with Crippen molar-refractivity contribution in [2.24, 2.45) is 0 Å². The molecule has 1 aromatic carbocycles. The molecule has 3 rings (SSSR count). The lowest BCUT2D eigenvalue weighted by Crippen LogP contribution is -2.24. The molecule has 164 valence electrons. The molecule has 31 heavy (non-hydrogen) atoms. The van der Waals surface area contributed by atoms with E-state index in [1.807, 2.05) is 63.5 Å². The smallest absolute Gasteiger partial charge is 0.237 e. The van der Waals surface area contributed by atoms with Gasteiger partial charge >= 0.3 is 0 Å². The first-order valence-corrected chi connectivity index (χ1v) is 12.1. The molecule has 0 aliphatic carbocycles. The molecule has 2 aromatic heterocycles. The van der Waals surface area contributed by atoms with E-state index in [0.29, 0.717) is 5.75 Å². The van der Waals surface area contributed by atoms with Gasteiger partial charge in [-0.2, -0.15) is 0 Å². The van der Waals surface area contributed by atoms with Crippen LogP contribution in [0.4, 0.5) is 5.69 Å². The molecule has 1 amide bonds. The lowest BCUT2D eigenvalue weighted by Gasteiger charge is -2.15.